The van der Waals surface area contributed by atoms with Gasteiger partial charge >= 0.3 is 0 Å². The molecule has 2 aromatic heterocycles. The van der Waals surface area contributed by atoms with E-state index in [2.05, 4.69) is 115 Å². The minimum atomic E-state index is 0.654. The highest BCUT2D eigenvalue weighted by atomic mass is 32.1. The lowest BCUT2D eigenvalue weighted by atomic mass is 9.90. The normalized spacial score (nSPS) is 11.5. The summed E-state index contributed by atoms with van der Waals surface area (Å²) in [6.45, 7) is 0. The maximum atomic E-state index is 5.09. The number of benzene rings is 8. The van der Waals surface area contributed by atoms with Crippen LogP contribution in [0.2, 0.25) is 0 Å². The second-order valence-electron chi connectivity index (χ2n) is 12.8. The number of aromatic nitrogens is 3. The van der Waals surface area contributed by atoms with E-state index in [9.17, 15) is 0 Å². The molecule has 51 heavy (non-hydrogen) atoms. The van der Waals surface area contributed by atoms with Crippen molar-refractivity contribution in [2.24, 2.45) is 0 Å². The lowest BCUT2D eigenvalue weighted by Crippen LogP contribution is -2.00. The van der Waals surface area contributed by atoms with Crippen molar-refractivity contribution in [2.45, 2.75) is 0 Å². The summed E-state index contributed by atoms with van der Waals surface area (Å²) in [4.78, 5) is 15.1. The van der Waals surface area contributed by atoms with Crippen molar-refractivity contribution >= 4 is 53.1 Å². The molecule has 0 bridgehead atoms. The van der Waals surface area contributed by atoms with E-state index in [1.54, 1.807) is 0 Å². The van der Waals surface area contributed by atoms with E-state index >= 15 is 0 Å². The van der Waals surface area contributed by atoms with Crippen LogP contribution >= 0.6 is 11.3 Å². The van der Waals surface area contributed by atoms with Crippen LogP contribution in [0, 0.1) is 0 Å². The first-order valence-corrected chi connectivity index (χ1v) is 17.9. The fourth-order valence-electron chi connectivity index (χ4n) is 7.26. The van der Waals surface area contributed by atoms with Gasteiger partial charge in [0.25, 0.3) is 0 Å². The molecule has 10 aromatic rings. The van der Waals surface area contributed by atoms with E-state index in [1.807, 2.05) is 72.0 Å². The molecule has 0 fully saturated rings. The number of fused-ring (bicyclic) bond motifs is 5. The maximum Gasteiger partial charge on any atom is 0.164 e. The topological polar surface area (TPSA) is 38.7 Å². The molecular formula is C47H29N3S. The van der Waals surface area contributed by atoms with Gasteiger partial charge in [-0.1, -0.05) is 146 Å². The van der Waals surface area contributed by atoms with Gasteiger partial charge in [0.15, 0.2) is 17.5 Å². The lowest BCUT2D eigenvalue weighted by molar-refractivity contribution is 1.08. The minimum absolute atomic E-state index is 0.654. The molecular weight excluding hydrogens is 639 g/mol. The van der Waals surface area contributed by atoms with E-state index in [0.717, 1.165) is 27.5 Å². The van der Waals surface area contributed by atoms with E-state index in [0.29, 0.717) is 17.5 Å². The quantitative estimate of drug-likeness (QED) is 0.183. The molecule has 0 radical (unpaired) electrons. The highest BCUT2D eigenvalue weighted by molar-refractivity contribution is 7.26. The van der Waals surface area contributed by atoms with Crippen LogP contribution in [0.3, 0.4) is 0 Å². The number of nitrogens with zero attached hydrogens (tertiary/aromatic N) is 3. The monoisotopic (exact) mass is 667 g/mol. The van der Waals surface area contributed by atoms with Crippen LogP contribution in [-0.4, -0.2) is 15.0 Å². The molecule has 0 spiro atoms. The first-order chi connectivity index (χ1) is 25.3. The number of hydrogen-bond donors (Lipinski definition) is 0. The molecule has 0 aliphatic heterocycles. The van der Waals surface area contributed by atoms with Gasteiger partial charge in [-0.2, -0.15) is 0 Å². The Bertz CT molecular complexity index is 2860. The number of thiophene rings is 1. The van der Waals surface area contributed by atoms with Crippen molar-refractivity contribution in [3.05, 3.63) is 176 Å². The van der Waals surface area contributed by atoms with Gasteiger partial charge < -0.3 is 0 Å². The molecule has 0 saturated carbocycles. The average molecular weight is 668 g/mol. The van der Waals surface area contributed by atoms with Crippen molar-refractivity contribution < 1.29 is 0 Å². The second-order valence-corrected chi connectivity index (χ2v) is 13.9. The van der Waals surface area contributed by atoms with Gasteiger partial charge in [0.2, 0.25) is 0 Å². The fourth-order valence-corrected chi connectivity index (χ4v) is 8.43. The first-order valence-electron chi connectivity index (χ1n) is 17.1. The second kappa shape index (κ2) is 12.1. The van der Waals surface area contributed by atoms with Crippen molar-refractivity contribution in [3.63, 3.8) is 0 Å². The van der Waals surface area contributed by atoms with Gasteiger partial charge in [0.05, 0.1) is 0 Å². The van der Waals surface area contributed by atoms with Gasteiger partial charge in [-0.15, -0.1) is 11.3 Å². The molecule has 0 saturated heterocycles. The largest absolute Gasteiger partial charge is 0.208 e. The lowest BCUT2D eigenvalue weighted by Gasteiger charge is -2.15. The highest BCUT2D eigenvalue weighted by Gasteiger charge is 2.19. The number of hydrogen-bond acceptors (Lipinski definition) is 4. The van der Waals surface area contributed by atoms with Crippen molar-refractivity contribution in [2.75, 3.05) is 0 Å². The maximum absolute atomic E-state index is 5.09. The van der Waals surface area contributed by atoms with E-state index in [-0.39, 0.29) is 0 Å². The van der Waals surface area contributed by atoms with Crippen LogP contribution in [0.1, 0.15) is 0 Å². The smallest absolute Gasteiger partial charge is 0.164 e. The Morgan fingerprint density at radius 1 is 0.314 bits per heavy atom. The zero-order valence-corrected chi connectivity index (χ0v) is 28.3. The summed E-state index contributed by atoms with van der Waals surface area (Å²) in [6, 6.07) is 62.3. The summed E-state index contributed by atoms with van der Waals surface area (Å²) < 4.78 is 2.57. The molecule has 2 heterocycles. The van der Waals surface area contributed by atoms with E-state index in [1.165, 1.54) is 53.2 Å². The molecule has 4 heteroatoms. The molecule has 10 rings (SSSR count). The minimum Gasteiger partial charge on any atom is -0.208 e. The molecule has 0 atom stereocenters. The molecule has 0 amide bonds. The summed E-state index contributed by atoms with van der Waals surface area (Å²) in [5.41, 5.74) is 7.71. The SMILES string of the molecule is c1ccc(-c2nc(-c3ccccc3)nc(-c3ccc(-c4cc(-c5ccc6ccccc6c5)cc5sc6ccccc6c45)c4ccccc34)n2)cc1. The molecule has 0 unspecified atom stereocenters. The fraction of sp³-hybridized carbons (Fsp3) is 0. The molecule has 0 aliphatic carbocycles. The summed E-state index contributed by atoms with van der Waals surface area (Å²) in [6.07, 6.45) is 0. The van der Waals surface area contributed by atoms with Crippen LogP contribution in [0.5, 0.6) is 0 Å². The average Bonchev–Trinajstić information content (AvgIpc) is 3.59. The summed E-state index contributed by atoms with van der Waals surface area (Å²) in [5, 5.41) is 7.31. The van der Waals surface area contributed by atoms with Gasteiger partial charge in [0.1, 0.15) is 0 Å². The Hall–Kier alpha value is -6.49. The Kier molecular flexibility index (Phi) is 7.00. The first kappa shape index (κ1) is 29.4. The van der Waals surface area contributed by atoms with Crippen molar-refractivity contribution in [1.29, 1.82) is 0 Å². The highest BCUT2D eigenvalue weighted by Crippen LogP contribution is 2.45. The predicted octanol–water partition coefficient (Wildman–Crippen LogP) is 12.9. The molecule has 0 aliphatic rings. The number of rotatable bonds is 5. The zero-order valence-electron chi connectivity index (χ0n) is 27.5. The third-order valence-corrected chi connectivity index (χ3v) is 10.8. The predicted molar refractivity (Wildman–Crippen MR) is 215 cm³/mol. The molecule has 3 nitrogen and oxygen atoms in total. The van der Waals surface area contributed by atoms with Crippen LogP contribution in [-0.2, 0) is 0 Å². The van der Waals surface area contributed by atoms with Gasteiger partial charge in [-0.3, -0.25) is 0 Å². The summed E-state index contributed by atoms with van der Waals surface area (Å²) >= 11 is 1.86. The molecule has 0 N–H and O–H groups in total. The molecule has 8 aromatic carbocycles. The third-order valence-electron chi connectivity index (χ3n) is 9.72. The van der Waals surface area contributed by atoms with Crippen LogP contribution in [0.4, 0.5) is 0 Å². The summed E-state index contributed by atoms with van der Waals surface area (Å²) in [5.74, 6) is 1.96. The van der Waals surface area contributed by atoms with Crippen LogP contribution in [0.25, 0.3) is 98.1 Å². The van der Waals surface area contributed by atoms with Crippen molar-refractivity contribution in [3.8, 4) is 56.4 Å². The Labute approximate surface area is 299 Å². The molecule has 238 valence electrons. The van der Waals surface area contributed by atoms with Crippen molar-refractivity contribution in [1.82, 2.24) is 15.0 Å². The standard InChI is InChI=1S/C47H29N3S/c1-3-14-31(15-4-1)45-48-46(32-16-5-2-6-17-32)50-47(49-45)39-26-25-38(36-19-9-10-20-37(36)39)41-28-35(34-24-23-30-13-7-8-18-33(30)27-34)29-43-44(41)40-21-11-12-22-42(40)51-43/h1-29H. The van der Waals surface area contributed by atoms with Gasteiger partial charge in [0, 0.05) is 36.9 Å². The van der Waals surface area contributed by atoms with Gasteiger partial charge in [-0.25, -0.2) is 15.0 Å². The van der Waals surface area contributed by atoms with Crippen LogP contribution in [0.15, 0.2) is 176 Å². The van der Waals surface area contributed by atoms with E-state index in [4.69, 9.17) is 15.0 Å². The van der Waals surface area contributed by atoms with Gasteiger partial charge in [-0.05, 0) is 74.1 Å². The Morgan fingerprint density at radius 3 is 1.61 bits per heavy atom. The zero-order chi connectivity index (χ0) is 33.7. The third kappa shape index (κ3) is 5.16. The van der Waals surface area contributed by atoms with E-state index < -0.39 is 0 Å². The Balaban J connectivity index is 1.22. The Morgan fingerprint density at radius 2 is 0.882 bits per heavy atom. The summed E-state index contributed by atoms with van der Waals surface area (Å²) in [7, 11) is 0. The van der Waals surface area contributed by atoms with Crippen LogP contribution < -0.4 is 0 Å².